The molecule has 0 spiro atoms. The van der Waals surface area contributed by atoms with Gasteiger partial charge >= 0.3 is 0 Å². The van der Waals surface area contributed by atoms with Gasteiger partial charge in [-0.3, -0.25) is 0 Å². The molecule has 82 valence electrons. The molecule has 0 aromatic rings. The van der Waals surface area contributed by atoms with Crippen LogP contribution < -0.4 is 0 Å². The minimum absolute atomic E-state index is 0.507. The minimum atomic E-state index is 0.507. The monoisotopic (exact) mass is 194 g/mol. The molecule has 0 heteroatoms. The Morgan fingerprint density at radius 1 is 1.00 bits per heavy atom. The van der Waals surface area contributed by atoms with Crippen molar-refractivity contribution in [2.45, 2.75) is 54.9 Å². The molecule has 2 fully saturated rings. The smallest absolute Gasteiger partial charge is 0.0275 e. The normalized spacial score (nSPS) is 43.5. The average Bonchev–Trinajstić information content (AvgIpc) is 2.66. The van der Waals surface area contributed by atoms with Gasteiger partial charge in [0.25, 0.3) is 0 Å². The van der Waals surface area contributed by atoms with E-state index in [0.717, 1.165) is 17.8 Å². The van der Waals surface area contributed by atoms with Gasteiger partial charge in [-0.15, -0.1) is 0 Å². The van der Waals surface area contributed by atoms with Crippen molar-refractivity contribution in [3.05, 3.63) is 0 Å². The van der Waals surface area contributed by atoms with Crippen LogP contribution in [-0.4, -0.2) is 0 Å². The maximum absolute atomic E-state index is 2.47. The zero-order valence-corrected chi connectivity index (χ0v) is 10.9. The standard InChI is InChI=1S/C14H26/c1-12(2,3)11-10(14(11,6)7)9-8-13(9,4)5/h9-11H,8H2,1-7H3/t9-,10-,11-/m1/s1. The summed E-state index contributed by atoms with van der Waals surface area (Å²) in [6.07, 6.45) is 1.47. The van der Waals surface area contributed by atoms with Crippen LogP contribution in [0.2, 0.25) is 0 Å². The van der Waals surface area contributed by atoms with E-state index >= 15 is 0 Å². The molecule has 0 aromatic carbocycles. The fourth-order valence-electron chi connectivity index (χ4n) is 4.20. The SMILES string of the molecule is CC(C)(C)[C@H]1[C@@H]([C@H]2CC2(C)C)C1(C)C. The molecule has 0 radical (unpaired) electrons. The first-order chi connectivity index (χ1) is 6.08. The third-order valence-corrected chi connectivity index (χ3v) is 4.87. The van der Waals surface area contributed by atoms with E-state index in [4.69, 9.17) is 0 Å². The Morgan fingerprint density at radius 2 is 1.43 bits per heavy atom. The van der Waals surface area contributed by atoms with Crippen molar-refractivity contribution in [1.29, 1.82) is 0 Å². The van der Waals surface area contributed by atoms with Crippen molar-refractivity contribution in [3.8, 4) is 0 Å². The van der Waals surface area contributed by atoms with E-state index < -0.39 is 0 Å². The van der Waals surface area contributed by atoms with Gasteiger partial charge in [-0.1, -0.05) is 48.5 Å². The van der Waals surface area contributed by atoms with Gasteiger partial charge < -0.3 is 0 Å². The van der Waals surface area contributed by atoms with E-state index in [1.807, 2.05) is 0 Å². The zero-order valence-electron chi connectivity index (χ0n) is 10.9. The van der Waals surface area contributed by atoms with Crippen molar-refractivity contribution in [3.63, 3.8) is 0 Å². The number of hydrogen-bond donors (Lipinski definition) is 0. The van der Waals surface area contributed by atoms with Crippen molar-refractivity contribution in [2.24, 2.45) is 34.0 Å². The largest absolute Gasteiger partial charge is 0.0599 e. The van der Waals surface area contributed by atoms with E-state index in [1.165, 1.54) is 6.42 Å². The van der Waals surface area contributed by atoms with E-state index in [0.29, 0.717) is 16.2 Å². The Labute approximate surface area is 89.5 Å². The second-order valence-electron chi connectivity index (χ2n) is 7.99. The van der Waals surface area contributed by atoms with Gasteiger partial charge in [-0.05, 0) is 40.4 Å². The predicted octanol–water partition coefficient (Wildman–Crippen LogP) is 4.35. The number of hydrogen-bond acceptors (Lipinski definition) is 0. The van der Waals surface area contributed by atoms with Crippen LogP contribution in [0.3, 0.4) is 0 Å². The molecule has 0 aliphatic heterocycles. The quantitative estimate of drug-likeness (QED) is 0.582. The molecule has 3 atom stereocenters. The molecule has 0 nitrogen and oxygen atoms in total. The molecule has 2 aliphatic rings. The first kappa shape index (κ1) is 10.5. The highest BCUT2D eigenvalue weighted by atomic mass is 14.7. The fraction of sp³-hybridized carbons (Fsp3) is 1.00. The molecular formula is C14H26. The van der Waals surface area contributed by atoms with E-state index in [-0.39, 0.29) is 0 Å². The second kappa shape index (κ2) is 2.39. The average molecular weight is 194 g/mol. The molecule has 0 N–H and O–H groups in total. The van der Waals surface area contributed by atoms with E-state index in [9.17, 15) is 0 Å². The van der Waals surface area contributed by atoms with Crippen LogP contribution in [-0.2, 0) is 0 Å². The summed E-state index contributed by atoms with van der Waals surface area (Å²) in [6, 6.07) is 0. The fourth-order valence-corrected chi connectivity index (χ4v) is 4.20. The van der Waals surface area contributed by atoms with Crippen LogP contribution in [0.1, 0.15) is 54.9 Å². The van der Waals surface area contributed by atoms with Crippen LogP contribution in [0, 0.1) is 34.0 Å². The van der Waals surface area contributed by atoms with E-state index in [1.54, 1.807) is 0 Å². The topological polar surface area (TPSA) is 0 Å². The maximum Gasteiger partial charge on any atom is -0.0275 e. The van der Waals surface area contributed by atoms with Gasteiger partial charge in [0.15, 0.2) is 0 Å². The Bertz CT molecular complexity index is 252. The second-order valence-corrected chi connectivity index (χ2v) is 7.99. The van der Waals surface area contributed by atoms with Gasteiger partial charge in [-0.25, -0.2) is 0 Å². The molecule has 0 bridgehead atoms. The molecule has 0 unspecified atom stereocenters. The predicted molar refractivity (Wildman–Crippen MR) is 62.1 cm³/mol. The van der Waals surface area contributed by atoms with Gasteiger partial charge in [0.1, 0.15) is 0 Å². The first-order valence-corrected chi connectivity index (χ1v) is 6.08. The van der Waals surface area contributed by atoms with Crippen molar-refractivity contribution < 1.29 is 0 Å². The van der Waals surface area contributed by atoms with Gasteiger partial charge in [0.05, 0.1) is 0 Å². The van der Waals surface area contributed by atoms with Crippen LogP contribution in [0.4, 0.5) is 0 Å². The highest BCUT2D eigenvalue weighted by Crippen LogP contribution is 2.76. The van der Waals surface area contributed by atoms with Gasteiger partial charge in [0, 0.05) is 0 Å². The number of rotatable bonds is 1. The Kier molecular flexibility index (Phi) is 1.79. The summed E-state index contributed by atoms with van der Waals surface area (Å²) in [5.41, 5.74) is 1.77. The first-order valence-electron chi connectivity index (χ1n) is 6.08. The highest BCUT2D eigenvalue weighted by Gasteiger charge is 2.70. The minimum Gasteiger partial charge on any atom is -0.0599 e. The van der Waals surface area contributed by atoms with Gasteiger partial charge in [0.2, 0.25) is 0 Å². The zero-order chi connectivity index (χ0) is 10.9. The lowest BCUT2D eigenvalue weighted by molar-refractivity contribution is 0.292. The molecule has 0 heterocycles. The summed E-state index contributed by atoms with van der Waals surface area (Å²) >= 11 is 0. The third kappa shape index (κ3) is 1.33. The molecule has 0 saturated heterocycles. The van der Waals surface area contributed by atoms with Crippen molar-refractivity contribution >= 4 is 0 Å². The molecule has 2 aliphatic carbocycles. The summed E-state index contributed by atoms with van der Waals surface area (Å²) in [4.78, 5) is 0. The maximum atomic E-state index is 2.47. The summed E-state index contributed by atoms with van der Waals surface area (Å²) in [5.74, 6) is 2.96. The molecule has 0 amide bonds. The lowest BCUT2D eigenvalue weighted by atomic mass is 9.85. The Hall–Kier alpha value is 0. The Morgan fingerprint density at radius 3 is 1.64 bits per heavy atom. The van der Waals surface area contributed by atoms with Crippen LogP contribution in [0.15, 0.2) is 0 Å². The molecule has 0 aromatic heterocycles. The summed E-state index contributed by atoms with van der Waals surface area (Å²) < 4.78 is 0. The summed E-state index contributed by atoms with van der Waals surface area (Å²) in [6.45, 7) is 17.1. The third-order valence-electron chi connectivity index (χ3n) is 4.87. The van der Waals surface area contributed by atoms with Crippen LogP contribution >= 0.6 is 0 Å². The van der Waals surface area contributed by atoms with Crippen LogP contribution in [0.25, 0.3) is 0 Å². The lowest BCUT2D eigenvalue weighted by Gasteiger charge is -2.20. The van der Waals surface area contributed by atoms with Crippen molar-refractivity contribution in [1.82, 2.24) is 0 Å². The Balaban J connectivity index is 2.11. The van der Waals surface area contributed by atoms with Crippen molar-refractivity contribution in [2.75, 3.05) is 0 Å². The molecular weight excluding hydrogens is 168 g/mol. The summed E-state index contributed by atoms with van der Waals surface area (Å²) in [5, 5.41) is 0. The van der Waals surface area contributed by atoms with Crippen LogP contribution in [0.5, 0.6) is 0 Å². The van der Waals surface area contributed by atoms with Gasteiger partial charge in [-0.2, -0.15) is 0 Å². The molecule has 2 rings (SSSR count). The highest BCUT2D eigenvalue weighted by molar-refractivity contribution is 5.18. The summed E-state index contributed by atoms with van der Waals surface area (Å²) in [7, 11) is 0. The molecule has 14 heavy (non-hydrogen) atoms. The van der Waals surface area contributed by atoms with E-state index in [2.05, 4.69) is 48.5 Å². The molecule has 2 saturated carbocycles. The lowest BCUT2D eigenvalue weighted by Crippen LogP contribution is -2.12.